The minimum absolute atomic E-state index is 0.00916. The number of benzene rings is 2. The second-order valence-corrected chi connectivity index (χ2v) is 11.9. The van der Waals surface area contributed by atoms with Gasteiger partial charge in [0.25, 0.3) is 5.91 Å². The number of amides is 2. The van der Waals surface area contributed by atoms with Gasteiger partial charge in [-0.1, -0.05) is 49.2 Å². The van der Waals surface area contributed by atoms with E-state index in [1.54, 1.807) is 23.5 Å². The molecule has 9 heteroatoms. The van der Waals surface area contributed by atoms with Crippen LogP contribution in [0, 0.1) is 0 Å². The van der Waals surface area contributed by atoms with Crippen molar-refractivity contribution in [1.29, 1.82) is 0 Å². The molecule has 5 rings (SSSR count). The van der Waals surface area contributed by atoms with Gasteiger partial charge in [-0.2, -0.15) is 0 Å². The summed E-state index contributed by atoms with van der Waals surface area (Å²) in [7, 11) is -3.74. The summed E-state index contributed by atoms with van der Waals surface area (Å²) in [6.07, 6.45) is 4.64. The summed E-state index contributed by atoms with van der Waals surface area (Å²) in [5.74, 6) is -0.615. The molecule has 3 N–H and O–H groups in total. The molecule has 2 aromatic carbocycles. The van der Waals surface area contributed by atoms with Gasteiger partial charge in [-0.05, 0) is 60.0 Å². The standard InChI is InChI=1S/C27H29N3O4S2/c28-36(33,34)20-13-11-18(12-14-20)15-16-29-26(31)24-21-8-3-4-9-22(21)27(32)30(19-6-1-2-7-19)25(24)23-10-5-17-35-23/h3-5,8-14,17,19,24-25H,1-2,6-7,15-16H2,(H,29,31)(H2,28,33,34)/t24-,25+/m1/s1. The third kappa shape index (κ3) is 4.83. The molecule has 7 nitrogen and oxygen atoms in total. The number of nitrogens with one attached hydrogen (secondary N) is 1. The van der Waals surface area contributed by atoms with Crippen molar-refractivity contribution in [1.82, 2.24) is 10.2 Å². The topological polar surface area (TPSA) is 110 Å². The molecule has 1 aromatic heterocycles. The molecule has 0 bridgehead atoms. The van der Waals surface area contributed by atoms with Gasteiger partial charge in [-0.15, -0.1) is 11.3 Å². The van der Waals surface area contributed by atoms with E-state index >= 15 is 0 Å². The molecule has 3 aromatic rings. The molecule has 0 unspecified atom stereocenters. The second-order valence-electron chi connectivity index (χ2n) is 9.41. The summed E-state index contributed by atoms with van der Waals surface area (Å²) in [6.45, 7) is 0.390. The van der Waals surface area contributed by atoms with E-state index < -0.39 is 15.9 Å². The van der Waals surface area contributed by atoms with Gasteiger partial charge in [0.15, 0.2) is 0 Å². The molecule has 36 heavy (non-hydrogen) atoms. The van der Waals surface area contributed by atoms with Crippen LogP contribution in [0.25, 0.3) is 0 Å². The molecule has 188 valence electrons. The Bertz CT molecular complexity index is 1350. The van der Waals surface area contributed by atoms with Crippen LogP contribution in [0.3, 0.4) is 0 Å². The molecule has 0 saturated heterocycles. The number of rotatable bonds is 7. The molecular formula is C27H29N3O4S2. The fourth-order valence-corrected chi connectivity index (χ4v) is 6.84. The number of nitrogens with two attached hydrogens (primary N) is 1. The van der Waals surface area contributed by atoms with Crippen LogP contribution >= 0.6 is 11.3 Å². The van der Waals surface area contributed by atoms with Gasteiger partial charge >= 0.3 is 0 Å². The number of nitrogens with zero attached hydrogens (tertiary/aromatic N) is 1. The Hall–Kier alpha value is -3.01. The highest BCUT2D eigenvalue weighted by atomic mass is 32.2. The van der Waals surface area contributed by atoms with E-state index in [4.69, 9.17) is 5.14 Å². The summed E-state index contributed by atoms with van der Waals surface area (Å²) in [5.41, 5.74) is 2.27. The van der Waals surface area contributed by atoms with E-state index in [1.165, 1.54) is 12.1 Å². The first-order valence-corrected chi connectivity index (χ1v) is 14.6. The van der Waals surface area contributed by atoms with Gasteiger partial charge < -0.3 is 10.2 Å². The van der Waals surface area contributed by atoms with Crippen molar-refractivity contribution in [2.24, 2.45) is 5.14 Å². The maximum absolute atomic E-state index is 13.8. The van der Waals surface area contributed by atoms with Crippen LogP contribution < -0.4 is 10.5 Å². The average Bonchev–Trinajstić information content (AvgIpc) is 3.58. The Morgan fingerprint density at radius 1 is 1.03 bits per heavy atom. The van der Waals surface area contributed by atoms with Gasteiger partial charge in [0.1, 0.15) is 0 Å². The van der Waals surface area contributed by atoms with Gasteiger partial charge in [0, 0.05) is 23.0 Å². The summed E-state index contributed by atoms with van der Waals surface area (Å²) in [4.78, 5) is 30.6. The fraction of sp³-hybridized carbons (Fsp3) is 0.333. The zero-order chi connectivity index (χ0) is 25.3. The van der Waals surface area contributed by atoms with E-state index in [0.29, 0.717) is 18.5 Å². The zero-order valence-electron chi connectivity index (χ0n) is 19.8. The van der Waals surface area contributed by atoms with Gasteiger partial charge in [0.2, 0.25) is 15.9 Å². The first-order valence-electron chi connectivity index (χ1n) is 12.2. The molecule has 0 radical (unpaired) electrons. The summed E-state index contributed by atoms with van der Waals surface area (Å²) in [5, 5.41) is 10.3. The molecule has 1 saturated carbocycles. The average molecular weight is 524 g/mol. The van der Waals surface area contributed by atoms with Gasteiger partial charge in [0.05, 0.1) is 16.9 Å². The molecule has 0 spiro atoms. The monoisotopic (exact) mass is 523 g/mol. The van der Waals surface area contributed by atoms with Crippen LogP contribution in [0.15, 0.2) is 70.9 Å². The lowest BCUT2D eigenvalue weighted by Gasteiger charge is -2.44. The zero-order valence-corrected chi connectivity index (χ0v) is 21.4. The number of fused-ring (bicyclic) bond motifs is 1. The van der Waals surface area contributed by atoms with Crippen molar-refractivity contribution < 1.29 is 18.0 Å². The Labute approximate surface area is 215 Å². The largest absolute Gasteiger partial charge is 0.355 e. The molecule has 1 fully saturated rings. The summed E-state index contributed by atoms with van der Waals surface area (Å²) < 4.78 is 23.0. The Morgan fingerprint density at radius 3 is 2.42 bits per heavy atom. The highest BCUT2D eigenvalue weighted by Gasteiger charge is 2.47. The SMILES string of the molecule is NS(=O)(=O)c1ccc(CCNC(=O)[C@@H]2c3ccccc3C(=O)N(C3CCCC3)[C@H]2c2cccs2)cc1. The molecular weight excluding hydrogens is 494 g/mol. The minimum atomic E-state index is -3.74. The normalized spacial score (nSPS) is 20.4. The van der Waals surface area contributed by atoms with Crippen molar-refractivity contribution in [2.75, 3.05) is 6.54 Å². The first kappa shape index (κ1) is 24.7. The van der Waals surface area contributed by atoms with E-state index in [9.17, 15) is 18.0 Å². The van der Waals surface area contributed by atoms with Crippen LogP contribution in [0.1, 0.15) is 64.0 Å². The summed E-state index contributed by atoms with van der Waals surface area (Å²) in [6, 6.07) is 17.6. The lowest BCUT2D eigenvalue weighted by atomic mass is 9.80. The lowest BCUT2D eigenvalue weighted by Crippen LogP contribution is -2.50. The van der Waals surface area contributed by atoms with Crippen LogP contribution in [0.4, 0.5) is 0 Å². The number of thiophene rings is 1. The molecule has 2 amide bonds. The Kier molecular flexibility index (Phi) is 6.96. The van der Waals surface area contributed by atoms with Crippen LogP contribution in [-0.2, 0) is 21.2 Å². The Morgan fingerprint density at radius 2 is 1.75 bits per heavy atom. The third-order valence-corrected chi connectivity index (χ3v) is 9.05. The van der Waals surface area contributed by atoms with Crippen LogP contribution in [0.2, 0.25) is 0 Å². The number of sulfonamides is 1. The number of primary sulfonamides is 1. The van der Waals surface area contributed by atoms with Crippen LogP contribution in [0.5, 0.6) is 0 Å². The fourth-order valence-electron chi connectivity index (χ4n) is 5.47. The number of carbonyl (C=O) groups excluding carboxylic acids is 2. The smallest absolute Gasteiger partial charge is 0.254 e. The lowest BCUT2D eigenvalue weighted by molar-refractivity contribution is -0.124. The molecule has 2 aliphatic rings. The highest BCUT2D eigenvalue weighted by Crippen LogP contribution is 2.47. The van der Waals surface area contributed by atoms with Crippen molar-refractivity contribution in [3.05, 3.63) is 87.6 Å². The number of hydrogen-bond donors (Lipinski definition) is 2. The summed E-state index contributed by atoms with van der Waals surface area (Å²) >= 11 is 1.58. The van der Waals surface area contributed by atoms with E-state index in [2.05, 4.69) is 5.32 Å². The predicted octanol–water partition coefficient (Wildman–Crippen LogP) is 3.98. The van der Waals surface area contributed by atoms with E-state index in [-0.39, 0.29) is 28.8 Å². The van der Waals surface area contributed by atoms with Crippen molar-refractivity contribution in [2.45, 2.75) is 55.0 Å². The first-order chi connectivity index (χ1) is 17.3. The quantitative estimate of drug-likeness (QED) is 0.488. The Balaban J connectivity index is 1.41. The van der Waals surface area contributed by atoms with Crippen LogP contribution in [-0.4, -0.2) is 37.7 Å². The molecule has 2 heterocycles. The van der Waals surface area contributed by atoms with Gasteiger partial charge in [-0.25, -0.2) is 13.6 Å². The third-order valence-electron chi connectivity index (χ3n) is 7.18. The second kappa shape index (κ2) is 10.2. The maximum atomic E-state index is 13.8. The number of carbonyl (C=O) groups is 2. The van der Waals surface area contributed by atoms with Crippen molar-refractivity contribution in [3.8, 4) is 0 Å². The highest BCUT2D eigenvalue weighted by molar-refractivity contribution is 7.89. The number of hydrogen-bond acceptors (Lipinski definition) is 5. The van der Waals surface area contributed by atoms with Crippen molar-refractivity contribution in [3.63, 3.8) is 0 Å². The molecule has 1 aliphatic carbocycles. The van der Waals surface area contributed by atoms with E-state index in [0.717, 1.165) is 41.7 Å². The van der Waals surface area contributed by atoms with Gasteiger partial charge in [-0.3, -0.25) is 9.59 Å². The molecule has 2 atom stereocenters. The van der Waals surface area contributed by atoms with E-state index in [1.807, 2.05) is 46.7 Å². The predicted molar refractivity (Wildman–Crippen MR) is 139 cm³/mol. The van der Waals surface area contributed by atoms with Crippen molar-refractivity contribution >= 4 is 33.2 Å². The molecule has 1 aliphatic heterocycles. The minimum Gasteiger partial charge on any atom is -0.355 e. The maximum Gasteiger partial charge on any atom is 0.254 e.